The highest BCUT2D eigenvalue weighted by molar-refractivity contribution is 5.14. The minimum absolute atomic E-state index is 0.263. The van der Waals surface area contributed by atoms with Crippen molar-refractivity contribution in [3.05, 3.63) is 35.9 Å². The quantitative estimate of drug-likeness (QED) is 0.824. The molecule has 1 unspecified atom stereocenters. The van der Waals surface area contributed by atoms with E-state index in [4.69, 9.17) is 5.73 Å². The highest BCUT2D eigenvalue weighted by atomic mass is 15.0. The zero-order valence-electron chi connectivity index (χ0n) is 12.2. The minimum Gasteiger partial charge on any atom is -0.327 e. The summed E-state index contributed by atoms with van der Waals surface area (Å²) >= 11 is 0. The Kier molecular flexibility index (Phi) is 5.41. The molecule has 1 saturated carbocycles. The molecular weight excluding hydrogens is 232 g/mol. The van der Waals surface area contributed by atoms with E-state index in [9.17, 15) is 0 Å². The molecule has 19 heavy (non-hydrogen) atoms. The summed E-state index contributed by atoms with van der Waals surface area (Å²) in [4.78, 5) is 0. The molecule has 0 saturated heterocycles. The van der Waals surface area contributed by atoms with Gasteiger partial charge < -0.3 is 11.1 Å². The van der Waals surface area contributed by atoms with Gasteiger partial charge in [0.2, 0.25) is 0 Å². The Labute approximate surface area is 117 Å². The lowest BCUT2D eigenvalue weighted by atomic mass is 9.83. The molecule has 1 fully saturated rings. The van der Waals surface area contributed by atoms with Crippen molar-refractivity contribution in [2.24, 2.45) is 5.73 Å². The van der Waals surface area contributed by atoms with Gasteiger partial charge in [-0.3, -0.25) is 0 Å². The molecule has 1 aromatic rings. The van der Waals surface area contributed by atoms with E-state index < -0.39 is 0 Å². The Hall–Kier alpha value is -0.860. The van der Waals surface area contributed by atoms with Crippen molar-refractivity contribution in [3.63, 3.8) is 0 Å². The summed E-state index contributed by atoms with van der Waals surface area (Å²) in [5.41, 5.74) is 7.96. The first-order chi connectivity index (χ1) is 9.18. The zero-order valence-corrected chi connectivity index (χ0v) is 12.2. The van der Waals surface area contributed by atoms with Crippen LogP contribution in [0.3, 0.4) is 0 Å². The molecule has 1 aliphatic carbocycles. The largest absolute Gasteiger partial charge is 0.327 e. The second kappa shape index (κ2) is 7.06. The van der Waals surface area contributed by atoms with Crippen LogP contribution >= 0.6 is 0 Å². The summed E-state index contributed by atoms with van der Waals surface area (Å²) in [5, 5.41) is 3.71. The molecule has 2 nitrogen and oxygen atoms in total. The number of nitrogens with two attached hydrogens (primary N) is 1. The van der Waals surface area contributed by atoms with Gasteiger partial charge in [0.05, 0.1) is 0 Å². The fraction of sp³-hybridized carbons (Fsp3) is 0.647. The topological polar surface area (TPSA) is 38.0 Å². The third-order valence-corrected chi connectivity index (χ3v) is 4.39. The van der Waals surface area contributed by atoms with E-state index in [-0.39, 0.29) is 6.04 Å². The third-order valence-electron chi connectivity index (χ3n) is 4.39. The molecular formula is C17H28N2. The van der Waals surface area contributed by atoms with E-state index in [0.717, 1.165) is 19.4 Å². The van der Waals surface area contributed by atoms with Crippen LogP contribution < -0.4 is 11.1 Å². The summed E-state index contributed by atoms with van der Waals surface area (Å²) < 4.78 is 0. The van der Waals surface area contributed by atoms with Crippen molar-refractivity contribution in [2.75, 3.05) is 6.54 Å². The lowest BCUT2D eigenvalue weighted by Gasteiger charge is -2.35. The first-order valence-electron chi connectivity index (χ1n) is 7.72. The van der Waals surface area contributed by atoms with Crippen molar-refractivity contribution < 1.29 is 0 Å². The molecule has 0 spiro atoms. The molecule has 3 N–H and O–H groups in total. The standard InChI is InChI=1S/C17H28N2/c1-17(12-6-3-7-13-17)19-14-16(18)11-10-15-8-4-2-5-9-15/h2,4-5,8-9,16,19H,3,6-7,10-14,18H2,1H3. The van der Waals surface area contributed by atoms with Crippen molar-refractivity contribution in [2.45, 2.75) is 63.5 Å². The number of hydrogen-bond donors (Lipinski definition) is 2. The smallest absolute Gasteiger partial charge is 0.0168 e. The summed E-state index contributed by atoms with van der Waals surface area (Å²) in [6.45, 7) is 3.30. The van der Waals surface area contributed by atoms with Gasteiger partial charge in [-0.2, -0.15) is 0 Å². The van der Waals surface area contributed by atoms with E-state index in [1.54, 1.807) is 0 Å². The third kappa shape index (κ3) is 4.96. The average molecular weight is 260 g/mol. The van der Waals surface area contributed by atoms with Crippen LogP contribution in [0.4, 0.5) is 0 Å². The van der Waals surface area contributed by atoms with Gasteiger partial charge in [-0.1, -0.05) is 49.6 Å². The lowest BCUT2D eigenvalue weighted by molar-refractivity contribution is 0.248. The highest BCUT2D eigenvalue weighted by Crippen LogP contribution is 2.27. The fourth-order valence-corrected chi connectivity index (χ4v) is 2.99. The van der Waals surface area contributed by atoms with Gasteiger partial charge in [-0.15, -0.1) is 0 Å². The van der Waals surface area contributed by atoms with Crippen molar-refractivity contribution in [1.82, 2.24) is 5.32 Å². The number of hydrogen-bond acceptors (Lipinski definition) is 2. The summed E-state index contributed by atoms with van der Waals surface area (Å²) in [6, 6.07) is 10.9. The van der Waals surface area contributed by atoms with Crippen LogP contribution in [0.1, 0.15) is 51.0 Å². The molecule has 0 aliphatic heterocycles. The second-order valence-corrected chi connectivity index (χ2v) is 6.29. The first-order valence-corrected chi connectivity index (χ1v) is 7.72. The number of nitrogens with one attached hydrogen (secondary N) is 1. The van der Waals surface area contributed by atoms with Gasteiger partial charge in [0.25, 0.3) is 0 Å². The summed E-state index contributed by atoms with van der Waals surface area (Å²) in [5.74, 6) is 0. The summed E-state index contributed by atoms with van der Waals surface area (Å²) in [6.07, 6.45) is 8.88. The van der Waals surface area contributed by atoms with Gasteiger partial charge in [-0.25, -0.2) is 0 Å². The Bertz CT molecular complexity index is 355. The first kappa shape index (κ1) is 14.5. The number of rotatable bonds is 6. The summed E-state index contributed by atoms with van der Waals surface area (Å²) in [7, 11) is 0. The van der Waals surface area contributed by atoms with E-state index in [1.165, 1.54) is 37.7 Å². The van der Waals surface area contributed by atoms with Gasteiger partial charge in [0, 0.05) is 18.1 Å². The average Bonchev–Trinajstić information content (AvgIpc) is 2.45. The highest BCUT2D eigenvalue weighted by Gasteiger charge is 2.26. The molecule has 0 bridgehead atoms. The van der Waals surface area contributed by atoms with Gasteiger partial charge in [0.15, 0.2) is 0 Å². The minimum atomic E-state index is 0.263. The van der Waals surface area contributed by atoms with E-state index in [0.29, 0.717) is 5.54 Å². The van der Waals surface area contributed by atoms with E-state index in [2.05, 4.69) is 42.6 Å². The molecule has 2 rings (SSSR count). The second-order valence-electron chi connectivity index (χ2n) is 6.29. The number of aryl methyl sites for hydroxylation is 1. The molecule has 0 radical (unpaired) electrons. The van der Waals surface area contributed by atoms with Crippen LogP contribution in [-0.4, -0.2) is 18.1 Å². The maximum atomic E-state index is 6.24. The van der Waals surface area contributed by atoms with E-state index in [1.807, 2.05) is 0 Å². The van der Waals surface area contributed by atoms with Crippen LogP contribution in [0, 0.1) is 0 Å². The molecule has 106 valence electrons. The van der Waals surface area contributed by atoms with Gasteiger partial charge in [-0.05, 0) is 38.2 Å². The zero-order chi connectivity index (χ0) is 13.6. The fourth-order valence-electron chi connectivity index (χ4n) is 2.99. The van der Waals surface area contributed by atoms with Crippen LogP contribution in [-0.2, 0) is 6.42 Å². The van der Waals surface area contributed by atoms with Gasteiger partial charge in [0.1, 0.15) is 0 Å². The molecule has 1 aromatic carbocycles. The Balaban J connectivity index is 1.68. The Morgan fingerprint density at radius 3 is 2.53 bits per heavy atom. The molecule has 1 atom stereocenters. The maximum absolute atomic E-state index is 6.24. The van der Waals surface area contributed by atoms with Crippen LogP contribution in [0.5, 0.6) is 0 Å². The molecule has 0 amide bonds. The SMILES string of the molecule is CC1(NCC(N)CCc2ccccc2)CCCCC1. The van der Waals surface area contributed by atoms with Crippen molar-refractivity contribution >= 4 is 0 Å². The van der Waals surface area contributed by atoms with Crippen molar-refractivity contribution in [1.29, 1.82) is 0 Å². The van der Waals surface area contributed by atoms with Gasteiger partial charge >= 0.3 is 0 Å². The predicted octanol–water partition coefficient (Wildman–Crippen LogP) is 3.26. The lowest BCUT2D eigenvalue weighted by Crippen LogP contribution is -2.48. The van der Waals surface area contributed by atoms with Crippen LogP contribution in [0.15, 0.2) is 30.3 Å². The Morgan fingerprint density at radius 2 is 1.84 bits per heavy atom. The molecule has 0 heterocycles. The monoisotopic (exact) mass is 260 g/mol. The molecule has 2 heteroatoms. The van der Waals surface area contributed by atoms with Crippen LogP contribution in [0.2, 0.25) is 0 Å². The molecule has 1 aliphatic rings. The van der Waals surface area contributed by atoms with Crippen molar-refractivity contribution in [3.8, 4) is 0 Å². The Morgan fingerprint density at radius 1 is 1.16 bits per heavy atom. The van der Waals surface area contributed by atoms with Crippen LogP contribution in [0.25, 0.3) is 0 Å². The number of benzene rings is 1. The normalized spacial score (nSPS) is 20.1. The molecule has 0 aromatic heterocycles. The predicted molar refractivity (Wildman–Crippen MR) is 82.2 cm³/mol. The van der Waals surface area contributed by atoms with E-state index >= 15 is 0 Å². The maximum Gasteiger partial charge on any atom is 0.0168 e.